The summed E-state index contributed by atoms with van der Waals surface area (Å²) in [6.45, 7) is 0.505. The monoisotopic (exact) mass is 410 g/mol. The van der Waals surface area contributed by atoms with Crippen molar-refractivity contribution in [2.24, 2.45) is 0 Å². The van der Waals surface area contributed by atoms with Gasteiger partial charge in [0.1, 0.15) is 0 Å². The van der Waals surface area contributed by atoms with Crippen LogP contribution >= 0.6 is 24.2 Å². The fraction of sp³-hybridized carbons (Fsp3) is 0.588. The standard InChI is InChI=1S/C17H24F2N2O3S.ClH/c1-3-23-15-8-12(4-5-14(15)24-17(18)19)10-21(2)16(22)9-13-11-25-7-6-20-13;/h4-5,8,13,17,20H,3,6-7,9-11H2,1-2H3;1H. The van der Waals surface area contributed by atoms with E-state index < -0.39 is 6.61 Å². The molecule has 1 unspecified atom stereocenters. The van der Waals surface area contributed by atoms with Crippen molar-refractivity contribution in [1.82, 2.24) is 10.2 Å². The van der Waals surface area contributed by atoms with Crippen molar-refractivity contribution >= 4 is 30.1 Å². The Morgan fingerprint density at radius 2 is 2.19 bits per heavy atom. The molecular weight excluding hydrogens is 386 g/mol. The minimum atomic E-state index is -2.91. The number of hydrogen-bond acceptors (Lipinski definition) is 5. The molecule has 0 bridgehead atoms. The van der Waals surface area contributed by atoms with Crippen LogP contribution in [-0.4, -0.2) is 55.2 Å². The number of thioether (sulfide) groups is 1. The number of nitrogens with one attached hydrogen (secondary N) is 1. The molecule has 1 amide bonds. The summed E-state index contributed by atoms with van der Waals surface area (Å²) < 4.78 is 34.7. The van der Waals surface area contributed by atoms with E-state index in [1.807, 2.05) is 11.8 Å². The van der Waals surface area contributed by atoms with Crippen LogP contribution in [0.1, 0.15) is 18.9 Å². The number of carbonyl (C=O) groups is 1. The van der Waals surface area contributed by atoms with Crippen LogP contribution in [-0.2, 0) is 11.3 Å². The molecule has 1 aromatic carbocycles. The number of alkyl halides is 2. The van der Waals surface area contributed by atoms with Crippen molar-refractivity contribution in [2.45, 2.75) is 32.5 Å². The van der Waals surface area contributed by atoms with E-state index in [2.05, 4.69) is 10.1 Å². The third-order valence-electron chi connectivity index (χ3n) is 3.79. The number of nitrogens with zero attached hydrogens (tertiary/aromatic N) is 1. The van der Waals surface area contributed by atoms with E-state index in [1.165, 1.54) is 6.07 Å². The molecule has 1 saturated heterocycles. The van der Waals surface area contributed by atoms with Crippen LogP contribution in [0, 0.1) is 0 Å². The van der Waals surface area contributed by atoms with Crippen LogP contribution in [0.4, 0.5) is 8.78 Å². The summed E-state index contributed by atoms with van der Waals surface area (Å²) >= 11 is 1.85. The predicted octanol–water partition coefficient (Wildman–Crippen LogP) is 3.16. The molecule has 9 heteroatoms. The molecule has 0 saturated carbocycles. The largest absolute Gasteiger partial charge is 0.490 e. The Kier molecular flexibility index (Phi) is 10.0. The highest BCUT2D eigenvalue weighted by atomic mass is 35.5. The van der Waals surface area contributed by atoms with Crippen LogP contribution in [0.15, 0.2) is 18.2 Å². The Balaban J connectivity index is 0.00000338. The molecule has 1 fully saturated rings. The van der Waals surface area contributed by atoms with Gasteiger partial charge in [-0.25, -0.2) is 0 Å². The smallest absolute Gasteiger partial charge is 0.387 e. The van der Waals surface area contributed by atoms with Gasteiger partial charge in [-0.1, -0.05) is 6.07 Å². The maximum atomic E-state index is 12.4. The fourth-order valence-corrected chi connectivity index (χ4v) is 3.54. The molecule has 1 heterocycles. The summed E-state index contributed by atoms with van der Waals surface area (Å²) in [4.78, 5) is 14.0. The third kappa shape index (κ3) is 7.17. The van der Waals surface area contributed by atoms with Gasteiger partial charge in [0, 0.05) is 44.1 Å². The molecule has 26 heavy (non-hydrogen) atoms. The van der Waals surface area contributed by atoms with Crippen molar-refractivity contribution in [3.05, 3.63) is 23.8 Å². The zero-order valence-electron chi connectivity index (χ0n) is 14.9. The lowest BCUT2D eigenvalue weighted by molar-refractivity contribution is -0.130. The average Bonchev–Trinajstić information content (AvgIpc) is 2.58. The number of rotatable bonds is 8. The van der Waals surface area contributed by atoms with E-state index in [4.69, 9.17) is 4.74 Å². The zero-order chi connectivity index (χ0) is 18.2. The first-order valence-corrected chi connectivity index (χ1v) is 9.40. The predicted molar refractivity (Wildman–Crippen MR) is 102 cm³/mol. The minimum absolute atomic E-state index is 0. The van der Waals surface area contributed by atoms with E-state index in [-0.39, 0.29) is 35.9 Å². The van der Waals surface area contributed by atoms with Crippen molar-refractivity contribution in [1.29, 1.82) is 0 Å². The Hall–Kier alpha value is -1.25. The highest BCUT2D eigenvalue weighted by Gasteiger charge is 2.20. The van der Waals surface area contributed by atoms with E-state index in [0.717, 1.165) is 23.6 Å². The molecule has 5 nitrogen and oxygen atoms in total. The molecule has 148 valence electrons. The normalized spacial score (nSPS) is 16.7. The van der Waals surface area contributed by atoms with Gasteiger partial charge in [-0.05, 0) is 24.6 Å². The van der Waals surface area contributed by atoms with Gasteiger partial charge in [0.25, 0.3) is 0 Å². The van der Waals surface area contributed by atoms with Gasteiger partial charge in [0.05, 0.1) is 6.61 Å². The molecule has 0 radical (unpaired) electrons. The molecule has 1 N–H and O–H groups in total. The second kappa shape index (κ2) is 11.5. The maximum Gasteiger partial charge on any atom is 0.387 e. The van der Waals surface area contributed by atoms with Crippen molar-refractivity contribution < 1.29 is 23.0 Å². The zero-order valence-corrected chi connectivity index (χ0v) is 16.5. The first-order valence-electron chi connectivity index (χ1n) is 8.25. The molecule has 1 aromatic rings. The summed E-state index contributed by atoms with van der Waals surface area (Å²) in [5, 5.41) is 3.34. The molecular formula is C17H25ClF2N2O3S. The lowest BCUT2D eigenvalue weighted by Gasteiger charge is -2.25. The number of amides is 1. The minimum Gasteiger partial charge on any atom is -0.490 e. The number of benzene rings is 1. The lowest BCUT2D eigenvalue weighted by Crippen LogP contribution is -2.41. The van der Waals surface area contributed by atoms with Crippen molar-refractivity contribution in [3.8, 4) is 11.5 Å². The molecule has 1 aliphatic rings. The summed E-state index contributed by atoms with van der Waals surface area (Å²) in [6.07, 6.45) is 0.453. The van der Waals surface area contributed by atoms with E-state index in [0.29, 0.717) is 19.6 Å². The Labute approximate surface area is 163 Å². The Morgan fingerprint density at radius 3 is 2.81 bits per heavy atom. The third-order valence-corrected chi connectivity index (χ3v) is 4.92. The van der Waals surface area contributed by atoms with E-state index >= 15 is 0 Å². The van der Waals surface area contributed by atoms with Crippen LogP contribution in [0.3, 0.4) is 0 Å². The van der Waals surface area contributed by atoms with Gasteiger partial charge in [0.15, 0.2) is 11.5 Å². The molecule has 0 aromatic heterocycles. The first kappa shape index (κ1) is 22.8. The number of halogens is 3. The Morgan fingerprint density at radius 1 is 1.42 bits per heavy atom. The molecule has 1 atom stereocenters. The second-order valence-corrected chi connectivity index (χ2v) is 6.92. The quantitative estimate of drug-likeness (QED) is 0.713. The molecule has 2 rings (SSSR count). The van der Waals surface area contributed by atoms with Gasteiger partial charge in [0.2, 0.25) is 5.91 Å². The number of ether oxygens (including phenoxy) is 2. The summed E-state index contributed by atoms with van der Waals surface area (Å²) in [7, 11) is 1.74. The first-order chi connectivity index (χ1) is 12.0. The fourth-order valence-electron chi connectivity index (χ4n) is 2.59. The summed E-state index contributed by atoms with van der Waals surface area (Å²) in [5.41, 5.74) is 0.798. The van der Waals surface area contributed by atoms with Crippen LogP contribution in [0.2, 0.25) is 0 Å². The van der Waals surface area contributed by atoms with E-state index in [1.54, 1.807) is 31.0 Å². The molecule has 0 aliphatic carbocycles. The van der Waals surface area contributed by atoms with Crippen LogP contribution in [0.25, 0.3) is 0 Å². The highest BCUT2D eigenvalue weighted by molar-refractivity contribution is 7.99. The molecule has 0 spiro atoms. The topological polar surface area (TPSA) is 50.8 Å². The van der Waals surface area contributed by atoms with Gasteiger partial charge < -0.3 is 19.7 Å². The summed E-state index contributed by atoms with van der Waals surface area (Å²) in [6, 6.07) is 4.96. The average molecular weight is 411 g/mol. The highest BCUT2D eigenvalue weighted by Crippen LogP contribution is 2.30. The summed E-state index contributed by atoms with van der Waals surface area (Å²) in [5.74, 6) is 2.32. The Bertz CT molecular complexity index is 575. The SMILES string of the molecule is CCOc1cc(CN(C)C(=O)CC2CSCCN2)ccc1OC(F)F.Cl. The van der Waals surface area contributed by atoms with Gasteiger partial charge in [-0.15, -0.1) is 12.4 Å². The molecule has 1 aliphatic heterocycles. The van der Waals surface area contributed by atoms with Crippen LogP contribution in [0.5, 0.6) is 11.5 Å². The van der Waals surface area contributed by atoms with Crippen molar-refractivity contribution in [2.75, 3.05) is 31.7 Å². The number of hydrogen-bond donors (Lipinski definition) is 1. The van der Waals surface area contributed by atoms with Gasteiger partial charge in [-0.3, -0.25) is 4.79 Å². The van der Waals surface area contributed by atoms with Gasteiger partial charge >= 0.3 is 6.61 Å². The maximum absolute atomic E-state index is 12.4. The second-order valence-electron chi connectivity index (χ2n) is 5.77. The van der Waals surface area contributed by atoms with Crippen molar-refractivity contribution in [3.63, 3.8) is 0 Å². The van der Waals surface area contributed by atoms with Crippen LogP contribution < -0.4 is 14.8 Å². The van der Waals surface area contributed by atoms with Gasteiger partial charge in [-0.2, -0.15) is 20.5 Å². The van der Waals surface area contributed by atoms with E-state index in [9.17, 15) is 13.6 Å². The lowest BCUT2D eigenvalue weighted by atomic mass is 10.1. The number of carbonyl (C=O) groups excluding carboxylic acids is 1.